The zero-order valence-corrected chi connectivity index (χ0v) is 12.7. The number of allylic oxidation sites excluding steroid dienone is 2. The number of aromatic amines is 1. The van der Waals surface area contributed by atoms with Gasteiger partial charge in [0.25, 0.3) is 0 Å². The second-order valence-corrected chi connectivity index (χ2v) is 8.91. The molecule has 1 aliphatic heterocycles. The summed E-state index contributed by atoms with van der Waals surface area (Å²) in [6.45, 7) is 4.44. The van der Waals surface area contributed by atoms with E-state index in [1.807, 2.05) is 6.07 Å². The molecule has 1 aliphatic rings. The van der Waals surface area contributed by atoms with Gasteiger partial charge in [-0.3, -0.25) is 0 Å². The van der Waals surface area contributed by atoms with Crippen LogP contribution in [0.5, 0.6) is 0 Å². The third kappa shape index (κ3) is 2.00. The second kappa shape index (κ2) is 4.11. The molecule has 82 valence electrons. The molecule has 2 nitrogen and oxygen atoms in total. The third-order valence-electron chi connectivity index (χ3n) is 3.29. The first kappa shape index (κ1) is 11.2. The number of rotatable bonds is 0. The van der Waals surface area contributed by atoms with Gasteiger partial charge in [0.05, 0.1) is 0 Å². The predicted octanol–water partition coefficient (Wildman–Crippen LogP) is 1.95. The molecule has 1 aromatic carbocycles. The van der Waals surface area contributed by atoms with Gasteiger partial charge in [0, 0.05) is 0 Å². The van der Waals surface area contributed by atoms with Crippen molar-refractivity contribution < 1.29 is 28.7 Å². The molecule has 0 unspecified atom stereocenters. The summed E-state index contributed by atoms with van der Waals surface area (Å²) in [7, 11) is 0. The first-order chi connectivity index (χ1) is 8.13. The zero-order valence-electron chi connectivity index (χ0n) is 9.87. The van der Waals surface area contributed by atoms with Gasteiger partial charge in [0.2, 0.25) is 0 Å². The molecule has 0 aliphatic carbocycles. The van der Waals surface area contributed by atoms with E-state index in [1.165, 1.54) is 12.7 Å². The van der Waals surface area contributed by atoms with Crippen LogP contribution in [0.4, 0.5) is 0 Å². The normalized spacial score (nSPS) is 13.8. The molecule has 17 heavy (non-hydrogen) atoms. The Morgan fingerprint density at radius 3 is 2.82 bits per heavy atom. The topological polar surface area (TPSA) is 32.9 Å². The van der Waals surface area contributed by atoms with Gasteiger partial charge in [-0.05, 0) is 0 Å². The average Bonchev–Trinajstić information content (AvgIpc) is 2.28. The van der Waals surface area contributed by atoms with Gasteiger partial charge in [-0.2, -0.15) is 0 Å². The molecule has 0 spiro atoms. The molecular formula is C14H12NOY. The number of hydrogen-bond donors (Lipinski definition) is 1. The fourth-order valence-corrected chi connectivity index (χ4v) is 5.56. The minimum atomic E-state index is -0.792. The van der Waals surface area contributed by atoms with E-state index in [0.29, 0.717) is 0 Å². The van der Waals surface area contributed by atoms with Crippen LogP contribution in [-0.4, -0.2) is 4.98 Å². The molecule has 0 saturated carbocycles. The number of nitrogens with one attached hydrogen (secondary N) is 1. The Morgan fingerprint density at radius 1 is 1.18 bits per heavy atom. The van der Waals surface area contributed by atoms with Crippen molar-refractivity contribution >= 4 is 17.0 Å². The van der Waals surface area contributed by atoms with E-state index < -0.39 is 28.7 Å². The van der Waals surface area contributed by atoms with Gasteiger partial charge >= 0.3 is 114 Å². The van der Waals surface area contributed by atoms with Gasteiger partial charge in [-0.25, -0.2) is 0 Å². The molecule has 0 bridgehead atoms. The molecule has 2 aromatic rings. The van der Waals surface area contributed by atoms with Gasteiger partial charge in [-0.1, -0.05) is 0 Å². The number of hydrogen-bond acceptors (Lipinski definition) is 1. The van der Waals surface area contributed by atoms with Crippen molar-refractivity contribution in [2.24, 2.45) is 0 Å². The Hall–Kier alpha value is -0.856. The van der Waals surface area contributed by atoms with Crippen LogP contribution in [0.3, 0.4) is 0 Å². The molecule has 0 amide bonds. The van der Waals surface area contributed by atoms with Crippen molar-refractivity contribution in [1.29, 1.82) is 0 Å². The molecule has 3 heteroatoms. The molecule has 0 saturated heterocycles. The summed E-state index contributed by atoms with van der Waals surface area (Å²) in [5, 5.41) is 2.46. The Bertz CT molecular complexity index is 827. The monoisotopic (exact) mass is 299 g/mol. The van der Waals surface area contributed by atoms with E-state index in [0.717, 1.165) is 10.9 Å². The summed E-state index contributed by atoms with van der Waals surface area (Å²) in [6.07, 6.45) is 2.24. The van der Waals surface area contributed by atoms with E-state index in [4.69, 9.17) is 0 Å². The van der Waals surface area contributed by atoms with Crippen LogP contribution in [0.1, 0.15) is 13.8 Å². The fraction of sp³-hybridized carbons (Fsp3) is 0.143. The van der Waals surface area contributed by atoms with E-state index in [9.17, 15) is 4.79 Å². The van der Waals surface area contributed by atoms with E-state index in [1.54, 1.807) is 8.45 Å². The fourth-order valence-electron chi connectivity index (χ4n) is 2.18. The molecule has 1 aromatic heterocycles. The van der Waals surface area contributed by atoms with E-state index >= 15 is 0 Å². The van der Waals surface area contributed by atoms with Gasteiger partial charge in [0.15, 0.2) is 0 Å². The molecule has 0 atom stereocenters. The zero-order chi connectivity index (χ0) is 12.0. The first-order valence-corrected chi connectivity index (χ1v) is 8.51. The molecule has 2 heterocycles. The van der Waals surface area contributed by atoms with Crippen molar-refractivity contribution in [2.45, 2.75) is 13.8 Å². The van der Waals surface area contributed by atoms with E-state index in [-0.39, 0.29) is 5.56 Å². The van der Waals surface area contributed by atoms with Crippen LogP contribution in [0.25, 0.3) is 17.0 Å². The standard InChI is InChI=1S/C14H12NO.Y/c1-3-10(2)8-11-4-5-12-6-7-14(16)15-13(12)9-11;/h5-9H,1-2H3,(H,15,16);. The van der Waals surface area contributed by atoms with Crippen molar-refractivity contribution in [3.05, 3.63) is 49.7 Å². The predicted molar refractivity (Wildman–Crippen MR) is 65.9 cm³/mol. The van der Waals surface area contributed by atoms with Gasteiger partial charge in [0.1, 0.15) is 0 Å². The number of pyridine rings is 1. The minimum absolute atomic E-state index is 0.0292. The molecular weight excluding hydrogens is 287 g/mol. The summed E-state index contributed by atoms with van der Waals surface area (Å²) in [5.74, 6) is 0. The number of H-pyrrole nitrogens is 1. The van der Waals surface area contributed by atoms with Crippen LogP contribution in [0.2, 0.25) is 0 Å². The molecule has 1 N–H and O–H groups in total. The van der Waals surface area contributed by atoms with Crippen LogP contribution in [0, 0.1) is 1.95 Å². The molecule has 0 fully saturated rings. The van der Waals surface area contributed by atoms with Crippen LogP contribution in [0.15, 0.2) is 37.0 Å². The van der Waals surface area contributed by atoms with Crippen LogP contribution in [-0.2, 0) is 28.7 Å². The Kier molecular flexibility index (Phi) is 2.72. The summed E-state index contributed by atoms with van der Waals surface area (Å²) >= 11 is -0.792. The van der Waals surface area contributed by atoms with Crippen molar-refractivity contribution in [2.75, 3.05) is 0 Å². The summed E-state index contributed by atoms with van der Waals surface area (Å²) in [6, 6.07) is 7.89. The Morgan fingerprint density at radius 2 is 2.00 bits per heavy atom. The second-order valence-electron chi connectivity index (χ2n) is 4.55. The van der Waals surface area contributed by atoms with Crippen LogP contribution < -0.4 is 10.8 Å². The van der Waals surface area contributed by atoms with Gasteiger partial charge < -0.3 is 0 Å². The summed E-state index contributed by atoms with van der Waals surface area (Å²) < 4.78 is 3.14. The van der Waals surface area contributed by atoms with Crippen molar-refractivity contribution in [3.63, 3.8) is 0 Å². The van der Waals surface area contributed by atoms with Gasteiger partial charge in [-0.15, -0.1) is 0 Å². The van der Waals surface area contributed by atoms with Crippen molar-refractivity contribution in [3.8, 4) is 0 Å². The third-order valence-corrected chi connectivity index (χ3v) is 7.47. The Labute approximate surface area is 113 Å². The quantitative estimate of drug-likeness (QED) is 0.792. The average molecular weight is 299 g/mol. The van der Waals surface area contributed by atoms with Crippen molar-refractivity contribution in [1.82, 2.24) is 4.98 Å². The van der Waals surface area contributed by atoms with E-state index in [2.05, 4.69) is 37.0 Å². The van der Waals surface area contributed by atoms with Crippen LogP contribution >= 0.6 is 0 Å². The number of aromatic nitrogens is 1. The number of fused-ring (bicyclic) bond motifs is 2. The number of benzene rings is 1. The Balaban J connectivity index is 2.47. The molecule has 3 rings (SSSR count). The maximum absolute atomic E-state index is 11.3. The SMILES string of the molecule is CC1=[C](C)[Y]=[c]2cc3ccc(=O)[nH]c3cc2=C1. The summed E-state index contributed by atoms with van der Waals surface area (Å²) in [5.41, 5.74) is 2.33. The summed E-state index contributed by atoms with van der Waals surface area (Å²) in [4.78, 5) is 14.2. The first-order valence-electron chi connectivity index (χ1n) is 5.67. The maximum atomic E-state index is 11.3. The molecule has 0 radical (unpaired) electrons.